The Labute approximate surface area is 115 Å². The zero-order chi connectivity index (χ0) is 13.7. The van der Waals surface area contributed by atoms with E-state index in [9.17, 15) is 0 Å². The minimum atomic E-state index is 0.209. The molecule has 0 spiro atoms. The molecule has 100 valence electrons. The number of benzene rings is 2. The van der Waals surface area contributed by atoms with Gasteiger partial charge in [-0.25, -0.2) is 0 Å². The Morgan fingerprint density at radius 3 is 2.42 bits per heavy atom. The Bertz CT molecular complexity index is 522. The summed E-state index contributed by atoms with van der Waals surface area (Å²) in [6.07, 6.45) is 0. The SMILES string of the molecule is CNC(COc1cccc(C)c1C)c1ccccc1. The summed E-state index contributed by atoms with van der Waals surface area (Å²) in [6.45, 7) is 4.83. The summed E-state index contributed by atoms with van der Waals surface area (Å²) < 4.78 is 5.96. The smallest absolute Gasteiger partial charge is 0.122 e. The molecule has 0 aliphatic carbocycles. The van der Waals surface area contributed by atoms with Gasteiger partial charge in [-0.3, -0.25) is 0 Å². The van der Waals surface area contributed by atoms with E-state index in [4.69, 9.17) is 4.74 Å². The number of hydrogen-bond donors (Lipinski definition) is 1. The molecule has 0 aromatic heterocycles. The maximum atomic E-state index is 5.96. The lowest BCUT2D eigenvalue weighted by Gasteiger charge is -2.18. The summed E-state index contributed by atoms with van der Waals surface area (Å²) in [4.78, 5) is 0. The number of hydrogen-bond acceptors (Lipinski definition) is 2. The maximum Gasteiger partial charge on any atom is 0.122 e. The molecular weight excluding hydrogens is 234 g/mol. The summed E-state index contributed by atoms with van der Waals surface area (Å²) in [6, 6.07) is 16.8. The van der Waals surface area contributed by atoms with E-state index in [1.807, 2.05) is 25.2 Å². The van der Waals surface area contributed by atoms with Crippen molar-refractivity contribution in [2.45, 2.75) is 19.9 Å². The first kappa shape index (κ1) is 13.6. The third-order valence-electron chi connectivity index (χ3n) is 3.51. The number of aryl methyl sites for hydroxylation is 1. The summed E-state index contributed by atoms with van der Waals surface area (Å²) in [7, 11) is 1.96. The number of likely N-dealkylation sites (N-methyl/N-ethyl adjacent to an activating group) is 1. The van der Waals surface area contributed by atoms with Crippen LogP contribution in [0.3, 0.4) is 0 Å². The van der Waals surface area contributed by atoms with Crippen molar-refractivity contribution in [3.63, 3.8) is 0 Å². The van der Waals surface area contributed by atoms with Gasteiger partial charge in [-0.2, -0.15) is 0 Å². The van der Waals surface area contributed by atoms with Gasteiger partial charge in [-0.05, 0) is 43.7 Å². The van der Waals surface area contributed by atoms with Gasteiger partial charge >= 0.3 is 0 Å². The fraction of sp³-hybridized carbons (Fsp3) is 0.294. The van der Waals surface area contributed by atoms with E-state index in [2.05, 4.69) is 49.5 Å². The van der Waals surface area contributed by atoms with E-state index in [0.717, 1.165) is 5.75 Å². The monoisotopic (exact) mass is 255 g/mol. The van der Waals surface area contributed by atoms with Gasteiger partial charge < -0.3 is 10.1 Å². The highest BCUT2D eigenvalue weighted by atomic mass is 16.5. The first-order chi connectivity index (χ1) is 9.22. The van der Waals surface area contributed by atoms with Crippen molar-refractivity contribution in [3.05, 3.63) is 65.2 Å². The molecule has 1 atom stereocenters. The number of nitrogens with one attached hydrogen (secondary N) is 1. The van der Waals surface area contributed by atoms with Crippen molar-refractivity contribution in [1.29, 1.82) is 0 Å². The molecule has 2 heteroatoms. The molecule has 2 nitrogen and oxygen atoms in total. The number of rotatable bonds is 5. The molecule has 19 heavy (non-hydrogen) atoms. The van der Waals surface area contributed by atoms with Crippen molar-refractivity contribution in [2.24, 2.45) is 0 Å². The predicted octanol–water partition coefficient (Wildman–Crippen LogP) is 3.64. The van der Waals surface area contributed by atoms with Gasteiger partial charge in [0, 0.05) is 0 Å². The van der Waals surface area contributed by atoms with E-state index in [1.54, 1.807) is 0 Å². The Kier molecular flexibility index (Phi) is 4.58. The lowest BCUT2D eigenvalue weighted by Crippen LogP contribution is -2.23. The first-order valence-electron chi connectivity index (χ1n) is 6.63. The summed E-state index contributed by atoms with van der Waals surface area (Å²) in [5, 5.41) is 3.30. The van der Waals surface area contributed by atoms with Crippen LogP contribution in [0.1, 0.15) is 22.7 Å². The van der Waals surface area contributed by atoms with Crippen molar-refractivity contribution < 1.29 is 4.74 Å². The topological polar surface area (TPSA) is 21.3 Å². The standard InChI is InChI=1S/C17H21NO/c1-13-8-7-11-17(14(13)2)19-12-16(18-3)15-9-5-4-6-10-15/h4-11,16,18H,12H2,1-3H3. The Balaban J connectivity index is 2.06. The zero-order valence-corrected chi connectivity index (χ0v) is 11.8. The van der Waals surface area contributed by atoms with Gasteiger partial charge in [0.1, 0.15) is 12.4 Å². The minimum absolute atomic E-state index is 0.209. The van der Waals surface area contributed by atoms with Crippen LogP contribution in [-0.2, 0) is 0 Å². The third-order valence-corrected chi connectivity index (χ3v) is 3.51. The highest BCUT2D eigenvalue weighted by molar-refractivity contribution is 5.38. The summed E-state index contributed by atoms with van der Waals surface area (Å²) in [5.41, 5.74) is 3.72. The molecule has 2 rings (SSSR count). The average molecular weight is 255 g/mol. The Morgan fingerprint density at radius 2 is 1.74 bits per heavy atom. The van der Waals surface area contributed by atoms with Crippen molar-refractivity contribution >= 4 is 0 Å². The molecule has 0 bridgehead atoms. The molecule has 0 radical (unpaired) electrons. The van der Waals surface area contributed by atoms with Crippen LogP contribution in [0.25, 0.3) is 0 Å². The van der Waals surface area contributed by atoms with E-state index in [1.165, 1.54) is 16.7 Å². The molecule has 2 aromatic carbocycles. The van der Waals surface area contributed by atoms with Gasteiger partial charge in [0.05, 0.1) is 6.04 Å². The molecule has 1 unspecified atom stereocenters. The highest BCUT2D eigenvalue weighted by Gasteiger charge is 2.10. The van der Waals surface area contributed by atoms with Gasteiger partial charge in [-0.1, -0.05) is 42.5 Å². The molecule has 0 saturated carbocycles. The zero-order valence-electron chi connectivity index (χ0n) is 11.8. The molecule has 0 fully saturated rings. The van der Waals surface area contributed by atoms with Crippen LogP contribution in [0.5, 0.6) is 5.75 Å². The second-order valence-electron chi connectivity index (χ2n) is 4.76. The van der Waals surface area contributed by atoms with Crippen LogP contribution in [0, 0.1) is 13.8 Å². The van der Waals surface area contributed by atoms with Crippen molar-refractivity contribution in [3.8, 4) is 5.75 Å². The molecule has 2 aromatic rings. The number of ether oxygens (including phenoxy) is 1. The molecule has 0 saturated heterocycles. The maximum absolute atomic E-state index is 5.96. The van der Waals surface area contributed by atoms with Crippen LogP contribution in [0.2, 0.25) is 0 Å². The third kappa shape index (κ3) is 3.36. The van der Waals surface area contributed by atoms with Crippen molar-refractivity contribution in [1.82, 2.24) is 5.32 Å². The fourth-order valence-electron chi connectivity index (χ4n) is 2.09. The van der Waals surface area contributed by atoms with Gasteiger partial charge in [0.2, 0.25) is 0 Å². The Hall–Kier alpha value is -1.80. The van der Waals surface area contributed by atoms with Crippen LogP contribution < -0.4 is 10.1 Å². The minimum Gasteiger partial charge on any atom is -0.491 e. The molecule has 0 heterocycles. The first-order valence-corrected chi connectivity index (χ1v) is 6.63. The van der Waals surface area contributed by atoms with Gasteiger partial charge in [0.15, 0.2) is 0 Å². The van der Waals surface area contributed by atoms with Crippen LogP contribution >= 0.6 is 0 Å². The van der Waals surface area contributed by atoms with E-state index in [0.29, 0.717) is 6.61 Å². The van der Waals surface area contributed by atoms with Gasteiger partial charge in [0.25, 0.3) is 0 Å². The van der Waals surface area contributed by atoms with Crippen molar-refractivity contribution in [2.75, 3.05) is 13.7 Å². The normalized spacial score (nSPS) is 12.2. The fourth-order valence-corrected chi connectivity index (χ4v) is 2.09. The molecular formula is C17H21NO. The van der Waals surface area contributed by atoms with Crippen LogP contribution in [0.15, 0.2) is 48.5 Å². The largest absolute Gasteiger partial charge is 0.491 e. The quantitative estimate of drug-likeness (QED) is 0.880. The molecule has 0 amide bonds. The lowest BCUT2D eigenvalue weighted by molar-refractivity contribution is 0.271. The highest BCUT2D eigenvalue weighted by Crippen LogP contribution is 2.22. The average Bonchev–Trinajstić information content (AvgIpc) is 2.45. The predicted molar refractivity (Wildman–Crippen MR) is 79.7 cm³/mol. The molecule has 1 N–H and O–H groups in total. The lowest BCUT2D eigenvalue weighted by atomic mass is 10.1. The van der Waals surface area contributed by atoms with Crippen LogP contribution in [-0.4, -0.2) is 13.7 Å². The second-order valence-corrected chi connectivity index (χ2v) is 4.76. The summed E-state index contributed by atoms with van der Waals surface area (Å²) >= 11 is 0. The summed E-state index contributed by atoms with van der Waals surface area (Å²) in [5.74, 6) is 0.969. The molecule has 0 aliphatic heterocycles. The molecule has 0 aliphatic rings. The van der Waals surface area contributed by atoms with E-state index >= 15 is 0 Å². The van der Waals surface area contributed by atoms with E-state index in [-0.39, 0.29) is 6.04 Å². The van der Waals surface area contributed by atoms with E-state index < -0.39 is 0 Å². The Morgan fingerprint density at radius 1 is 1.00 bits per heavy atom. The van der Waals surface area contributed by atoms with Gasteiger partial charge in [-0.15, -0.1) is 0 Å². The van der Waals surface area contributed by atoms with Crippen LogP contribution in [0.4, 0.5) is 0 Å². The second kappa shape index (κ2) is 6.39.